The molecule has 1 fully saturated rings. The largest absolute Gasteiger partial charge is 0.409 e. The highest BCUT2D eigenvalue weighted by Gasteiger charge is 2.47. The van der Waals surface area contributed by atoms with Gasteiger partial charge in [-0.2, -0.15) is 13.2 Å². The minimum Gasteiger partial charge on any atom is -0.288 e. The van der Waals surface area contributed by atoms with Crippen LogP contribution in [-0.2, 0) is 4.79 Å². The molecule has 0 unspecified atom stereocenters. The second-order valence-corrected chi connectivity index (χ2v) is 3.94. The van der Waals surface area contributed by atoms with Crippen molar-refractivity contribution in [1.82, 2.24) is 10.4 Å². The predicted molar refractivity (Wildman–Crippen MR) is 54.7 cm³/mol. The molecular formula is C11H10F4N2O. The molecule has 1 atom stereocenters. The van der Waals surface area contributed by atoms with E-state index in [9.17, 15) is 22.4 Å². The molecule has 0 spiro atoms. The lowest BCUT2D eigenvalue weighted by Crippen LogP contribution is -2.44. The summed E-state index contributed by atoms with van der Waals surface area (Å²) >= 11 is 0. The highest BCUT2D eigenvalue weighted by atomic mass is 19.4. The third-order valence-electron chi connectivity index (χ3n) is 2.67. The second kappa shape index (κ2) is 4.56. The maximum Gasteiger partial charge on any atom is 0.409 e. The quantitative estimate of drug-likeness (QED) is 0.828. The van der Waals surface area contributed by atoms with Gasteiger partial charge in [0.1, 0.15) is 5.82 Å². The van der Waals surface area contributed by atoms with Crippen molar-refractivity contribution in [3.63, 3.8) is 0 Å². The zero-order valence-corrected chi connectivity index (χ0v) is 9.17. The van der Waals surface area contributed by atoms with E-state index in [0.29, 0.717) is 0 Å². The molecule has 2 rings (SSSR count). The number of hydrazine groups is 1. The third-order valence-corrected chi connectivity index (χ3v) is 2.67. The molecule has 1 aliphatic rings. The lowest BCUT2D eigenvalue weighted by atomic mass is 10.1. The number of benzene rings is 1. The van der Waals surface area contributed by atoms with Crippen molar-refractivity contribution < 1.29 is 22.4 Å². The Kier molecular flexibility index (Phi) is 3.25. The molecule has 0 aliphatic carbocycles. The fourth-order valence-corrected chi connectivity index (χ4v) is 1.91. The highest BCUT2D eigenvalue weighted by Crippen LogP contribution is 2.38. The minimum absolute atomic E-state index is 0.0268. The fraction of sp³-hybridized carbons (Fsp3) is 0.364. The molecule has 1 heterocycles. The van der Waals surface area contributed by atoms with Crippen molar-refractivity contribution in [1.29, 1.82) is 0 Å². The summed E-state index contributed by atoms with van der Waals surface area (Å²) in [6.07, 6.45) is -4.69. The van der Waals surface area contributed by atoms with Gasteiger partial charge in [0, 0.05) is 18.5 Å². The summed E-state index contributed by atoms with van der Waals surface area (Å²) in [6.45, 7) is -0.0999. The number of carbonyl (C=O) groups excluding carboxylic acids is 1. The summed E-state index contributed by atoms with van der Waals surface area (Å²) in [4.78, 5) is 11.0. The summed E-state index contributed by atoms with van der Waals surface area (Å²) < 4.78 is 52.5. The smallest absolute Gasteiger partial charge is 0.288 e. The van der Waals surface area contributed by atoms with Crippen molar-refractivity contribution >= 4 is 5.91 Å². The molecule has 7 heteroatoms. The van der Waals surface area contributed by atoms with Gasteiger partial charge in [0.05, 0.1) is 0 Å². The molecule has 0 radical (unpaired) electrons. The van der Waals surface area contributed by atoms with E-state index in [-0.39, 0.29) is 13.0 Å². The molecule has 18 heavy (non-hydrogen) atoms. The van der Waals surface area contributed by atoms with Crippen LogP contribution in [0, 0.1) is 5.82 Å². The number of nitrogens with one attached hydrogen (secondary N) is 1. The van der Waals surface area contributed by atoms with Crippen molar-refractivity contribution in [3.8, 4) is 0 Å². The van der Waals surface area contributed by atoms with E-state index in [1.54, 1.807) is 0 Å². The molecule has 3 nitrogen and oxygen atoms in total. The summed E-state index contributed by atoms with van der Waals surface area (Å²) in [5.74, 6) is -1.44. The molecule has 1 saturated heterocycles. The van der Waals surface area contributed by atoms with Crippen molar-refractivity contribution in [2.24, 2.45) is 0 Å². The maximum atomic E-state index is 13.5. The van der Waals surface area contributed by atoms with Crippen LogP contribution in [0.3, 0.4) is 0 Å². The van der Waals surface area contributed by atoms with Crippen LogP contribution in [0.1, 0.15) is 18.0 Å². The molecule has 1 aromatic rings. The zero-order valence-electron chi connectivity index (χ0n) is 9.17. The van der Waals surface area contributed by atoms with Crippen LogP contribution in [0.15, 0.2) is 24.3 Å². The van der Waals surface area contributed by atoms with E-state index in [1.807, 2.05) is 0 Å². The highest BCUT2D eigenvalue weighted by molar-refractivity contribution is 5.77. The second-order valence-electron chi connectivity index (χ2n) is 3.94. The van der Waals surface area contributed by atoms with E-state index in [2.05, 4.69) is 5.43 Å². The van der Waals surface area contributed by atoms with Gasteiger partial charge in [-0.1, -0.05) is 18.2 Å². The molecule has 0 aromatic heterocycles. The number of carbonyl (C=O) groups is 1. The Hall–Kier alpha value is -1.63. The number of rotatable bonds is 2. The first kappa shape index (κ1) is 12.8. The van der Waals surface area contributed by atoms with Gasteiger partial charge in [-0.05, 0) is 6.07 Å². The van der Waals surface area contributed by atoms with E-state index < -0.39 is 29.5 Å². The Balaban J connectivity index is 2.38. The van der Waals surface area contributed by atoms with Gasteiger partial charge in [-0.3, -0.25) is 10.2 Å². The first-order chi connectivity index (χ1) is 8.39. The molecule has 1 amide bonds. The average Bonchev–Trinajstić information content (AvgIpc) is 2.66. The maximum absolute atomic E-state index is 13.5. The monoisotopic (exact) mass is 262 g/mol. The van der Waals surface area contributed by atoms with E-state index in [1.165, 1.54) is 12.1 Å². The number of halogens is 4. The van der Waals surface area contributed by atoms with Crippen LogP contribution in [0.2, 0.25) is 0 Å². The van der Waals surface area contributed by atoms with Crippen LogP contribution < -0.4 is 5.43 Å². The Morgan fingerprint density at radius 1 is 1.28 bits per heavy atom. The number of amides is 1. The van der Waals surface area contributed by atoms with E-state index in [0.717, 1.165) is 17.1 Å². The first-order valence-electron chi connectivity index (χ1n) is 5.27. The van der Waals surface area contributed by atoms with Crippen molar-refractivity contribution in [3.05, 3.63) is 35.6 Å². The summed E-state index contributed by atoms with van der Waals surface area (Å²) in [7, 11) is 0. The van der Waals surface area contributed by atoms with E-state index in [4.69, 9.17) is 0 Å². The summed E-state index contributed by atoms with van der Waals surface area (Å²) in [5.41, 5.74) is 1.60. The number of hydrogen-bond acceptors (Lipinski definition) is 2. The van der Waals surface area contributed by atoms with Gasteiger partial charge in [0.2, 0.25) is 5.91 Å². The van der Waals surface area contributed by atoms with Crippen LogP contribution >= 0.6 is 0 Å². The average molecular weight is 262 g/mol. The normalized spacial score (nSPS) is 18.8. The molecule has 1 N–H and O–H groups in total. The van der Waals surface area contributed by atoms with E-state index >= 15 is 0 Å². The Morgan fingerprint density at radius 3 is 2.44 bits per heavy atom. The number of alkyl halides is 3. The predicted octanol–water partition coefficient (Wildman–Crippen LogP) is 2.17. The van der Waals surface area contributed by atoms with Crippen LogP contribution in [-0.4, -0.2) is 23.6 Å². The van der Waals surface area contributed by atoms with Gasteiger partial charge < -0.3 is 0 Å². The molecule has 0 bridgehead atoms. The standard InChI is InChI=1S/C11H10F4N2O/c12-8-4-2-1-3-7(8)10(11(13,14)15)17-6-5-9(18)16-17/h1-4,10H,5-6H2,(H,16,18)/t10-/m0/s1. The Labute approximate surface area is 100 Å². The molecule has 98 valence electrons. The van der Waals surface area contributed by atoms with Gasteiger partial charge in [-0.15, -0.1) is 0 Å². The lowest BCUT2D eigenvalue weighted by Gasteiger charge is -2.29. The summed E-state index contributed by atoms with van der Waals surface area (Å²) in [5, 5.41) is 0.723. The van der Waals surface area contributed by atoms with Crippen molar-refractivity contribution in [2.75, 3.05) is 6.54 Å². The lowest BCUT2D eigenvalue weighted by molar-refractivity contribution is -0.191. The van der Waals surface area contributed by atoms with Gasteiger partial charge in [0.15, 0.2) is 6.04 Å². The number of nitrogens with zero attached hydrogens (tertiary/aromatic N) is 1. The fourth-order valence-electron chi connectivity index (χ4n) is 1.91. The van der Waals surface area contributed by atoms with Crippen LogP contribution in [0.25, 0.3) is 0 Å². The first-order valence-corrected chi connectivity index (χ1v) is 5.27. The number of hydrogen-bond donors (Lipinski definition) is 1. The van der Waals surface area contributed by atoms with Gasteiger partial charge in [-0.25, -0.2) is 9.40 Å². The zero-order chi connectivity index (χ0) is 13.3. The molecule has 1 aliphatic heterocycles. The van der Waals surface area contributed by atoms with Crippen LogP contribution in [0.4, 0.5) is 17.6 Å². The molecule has 0 saturated carbocycles. The minimum atomic E-state index is -4.67. The Bertz CT molecular complexity index is 461. The van der Waals surface area contributed by atoms with Gasteiger partial charge in [0.25, 0.3) is 0 Å². The topological polar surface area (TPSA) is 32.3 Å². The van der Waals surface area contributed by atoms with Crippen molar-refractivity contribution in [2.45, 2.75) is 18.6 Å². The van der Waals surface area contributed by atoms with Crippen LogP contribution in [0.5, 0.6) is 0 Å². The molecule has 1 aromatic carbocycles. The Morgan fingerprint density at radius 2 is 1.94 bits per heavy atom. The van der Waals surface area contributed by atoms with Gasteiger partial charge >= 0.3 is 6.18 Å². The molecular weight excluding hydrogens is 252 g/mol. The third kappa shape index (κ3) is 2.45. The summed E-state index contributed by atoms with van der Waals surface area (Å²) in [6, 6.07) is 2.51. The SMILES string of the molecule is O=C1CCN([C@@H](c2ccccc2F)C(F)(F)F)N1.